The van der Waals surface area contributed by atoms with E-state index in [4.69, 9.17) is 0 Å². The van der Waals surface area contributed by atoms with E-state index in [2.05, 4.69) is 41.9 Å². The first-order valence-electron chi connectivity index (χ1n) is 6.20. The van der Waals surface area contributed by atoms with Crippen LogP contribution in [-0.2, 0) is 9.84 Å². The molecule has 0 aliphatic rings. The fourth-order valence-corrected chi connectivity index (χ4v) is 3.80. The number of hydrogen-bond donors (Lipinski definition) is 0. The Bertz CT molecular complexity index is 479. The van der Waals surface area contributed by atoms with Crippen LogP contribution in [0.15, 0.2) is 24.3 Å². The minimum atomic E-state index is -3.03. The third-order valence-corrected chi connectivity index (χ3v) is 6.82. The summed E-state index contributed by atoms with van der Waals surface area (Å²) in [5.74, 6) is 0.542. The van der Waals surface area contributed by atoms with Gasteiger partial charge in [0, 0.05) is 6.26 Å². The van der Waals surface area contributed by atoms with E-state index in [1.165, 1.54) is 11.8 Å². The molecule has 102 valence electrons. The van der Waals surface area contributed by atoms with Crippen LogP contribution in [0.25, 0.3) is 0 Å². The molecule has 1 aromatic rings. The number of sulfone groups is 1. The first-order chi connectivity index (χ1) is 8.27. The van der Waals surface area contributed by atoms with E-state index in [0.717, 1.165) is 12.0 Å². The van der Waals surface area contributed by atoms with Gasteiger partial charge in [0.25, 0.3) is 0 Å². The van der Waals surface area contributed by atoms with Gasteiger partial charge in [0.2, 0.25) is 0 Å². The van der Waals surface area contributed by atoms with Gasteiger partial charge >= 0.3 is 0 Å². The Hall–Kier alpha value is -0.350. The van der Waals surface area contributed by atoms with E-state index in [9.17, 15) is 8.42 Å². The highest BCUT2D eigenvalue weighted by molar-refractivity contribution is 9.09. The Morgan fingerprint density at radius 1 is 1.11 bits per heavy atom. The van der Waals surface area contributed by atoms with Crippen molar-refractivity contribution < 1.29 is 8.42 Å². The lowest BCUT2D eigenvalue weighted by Gasteiger charge is -2.18. The first-order valence-corrected chi connectivity index (χ1v) is 9.07. The second kappa shape index (κ2) is 6.20. The zero-order chi connectivity index (χ0) is 13.9. The molecule has 3 atom stereocenters. The average molecular weight is 333 g/mol. The van der Waals surface area contributed by atoms with Crippen LogP contribution in [0.1, 0.15) is 49.1 Å². The van der Waals surface area contributed by atoms with Crippen LogP contribution in [0, 0.1) is 0 Å². The molecule has 0 heterocycles. The molecular weight excluding hydrogens is 312 g/mol. The number of halogens is 1. The summed E-state index contributed by atoms with van der Waals surface area (Å²) in [5.41, 5.74) is 2.31. The molecule has 0 amide bonds. The van der Waals surface area contributed by atoms with Gasteiger partial charge in [0.15, 0.2) is 9.84 Å². The Kier molecular flexibility index (Phi) is 5.41. The number of benzene rings is 1. The summed E-state index contributed by atoms with van der Waals surface area (Å²) in [6.07, 6.45) is 2.39. The Balaban J connectivity index is 2.92. The van der Waals surface area contributed by atoms with E-state index in [1.54, 1.807) is 6.92 Å². The molecule has 0 radical (unpaired) electrons. The second-order valence-electron chi connectivity index (χ2n) is 4.91. The predicted molar refractivity (Wildman–Crippen MR) is 81.1 cm³/mol. The van der Waals surface area contributed by atoms with Gasteiger partial charge in [0.05, 0.1) is 10.1 Å². The fraction of sp³-hybridized carbons (Fsp3) is 0.571. The minimum Gasteiger partial charge on any atom is -0.229 e. The molecule has 0 spiro atoms. The Morgan fingerprint density at radius 2 is 1.56 bits per heavy atom. The SMILES string of the molecule is CCC(C)c1ccc(C(Br)C(C)S(C)(=O)=O)cc1. The summed E-state index contributed by atoms with van der Waals surface area (Å²) in [6, 6.07) is 8.21. The van der Waals surface area contributed by atoms with Gasteiger partial charge in [-0.2, -0.15) is 0 Å². The van der Waals surface area contributed by atoms with Crippen LogP contribution in [-0.4, -0.2) is 19.9 Å². The summed E-state index contributed by atoms with van der Waals surface area (Å²) in [4.78, 5) is -0.154. The summed E-state index contributed by atoms with van der Waals surface area (Å²) >= 11 is 3.49. The largest absolute Gasteiger partial charge is 0.229 e. The quantitative estimate of drug-likeness (QED) is 0.761. The van der Waals surface area contributed by atoms with E-state index in [-0.39, 0.29) is 4.83 Å². The van der Waals surface area contributed by atoms with Crippen LogP contribution < -0.4 is 0 Å². The van der Waals surface area contributed by atoms with Crippen LogP contribution >= 0.6 is 15.9 Å². The van der Waals surface area contributed by atoms with Crippen LogP contribution in [0.2, 0.25) is 0 Å². The van der Waals surface area contributed by atoms with Crippen LogP contribution in [0.3, 0.4) is 0 Å². The molecule has 0 saturated heterocycles. The van der Waals surface area contributed by atoms with Gasteiger partial charge in [-0.25, -0.2) is 8.42 Å². The van der Waals surface area contributed by atoms with Gasteiger partial charge in [-0.15, -0.1) is 0 Å². The fourth-order valence-electron chi connectivity index (χ4n) is 1.73. The van der Waals surface area contributed by atoms with Crippen molar-refractivity contribution >= 4 is 25.8 Å². The lowest BCUT2D eigenvalue weighted by atomic mass is 9.97. The topological polar surface area (TPSA) is 34.1 Å². The summed E-state index contributed by atoms with van der Waals surface area (Å²) in [5, 5.41) is -0.424. The number of hydrogen-bond acceptors (Lipinski definition) is 2. The minimum absolute atomic E-state index is 0.154. The van der Waals surface area contributed by atoms with Crippen molar-refractivity contribution in [1.82, 2.24) is 0 Å². The van der Waals surface area contributed by atoms with Crippen LogP contribution in [0.4, 0.5) is 0 Å². The van der Waals surface area contributed by atoms with E-state index >= 15 is 0 Å². The summed E-state index contributed by atoms with van der Waals surface area (Å²) < 4.78 is 23.1. The van der Waals surface area contributed by atoms with E-state index in [0.29, 0.717) is 5.92 Å². The highest BCUT2D eigenvalue weighted by Gasteiger charge is 2.24. The maximum atomic E-state index is 11.5. The molecule has 0 fully saturated rings. The van der Waals surface area contributed by atoms with Gasteiger partial charge < -0.3 is 0 Å². The lowest BCUT2D eigenvalue weighted by molar-refractivity contribution is 0.588. The molecule has 0 N–H and O–H groups in total. The molecule has 3 unspecified atom stereocenters. The van der Waals surface area contributed by atoms with Crippen molar-refractivity contribution in [3.8, 4) is 0 Å². The standard InChI is InChI=1S/C14H21BrO2S/c1-5-10(2)12-6-8-13(9-7-12)14(15)11(3)18(4,16)17/h6-11,14H,5H2,1-4H3. The zero-order valence-corrected chi connectivity index (χ0v) is 13.8. The Labute approximate surface area is 119 Å². The van der Waals surface area contributed by atoms with Crippen molar-refractivity contribution in [1.29, 1.82) is 0 Å². The van der Waals surface area contributed by atoms with Crippen molar-refractivity contribution in [2.24, 2.45) is 0 Å². The molecule has 0 aliphatic heterocycles. The van der Waals surface area contributed by atoms with E-state index < -0.39 is 15.1 Å². The zero-order valence-electron chi connectivity index (χ0n) is 11.4. The predicted octanol–water partition coefficient (Wildman–Crippen LogP) is 4.07. The maximum Gasteiger partial charge on any atom is 0.151 e. The Morgan fingerprint density at radius 3 is 1.94 bits per heavy atom. The van der Waals surface area contributed by atoms with Gasteiger partial charge in [-0.05, 0) is 30.4 Å². The molecule has 0 aliphatic carbocycles. The highest BCUT2D eigenvalue weighted by Crippen LogP contribution is 2.31. The molecule has 1 aromatic carbocycles. The van der Waals surface area contributed by atoms with Crippen molar-refractivity contribution in [3.05, 3.63) is 35.4 Å². The molecule has 0 saturated carbocycles. The van der Waals surface area contributed by atoms with Gasteiger partial charge in [-0.3, -0.25) is 0 Å². The first kappa shape index (κ1) is 15.7. The molecule has 0 bridgehead atoms. The molecular formula is C14H21BrO2S. The third-order valence-electron chi connectivity index (χ3n) is 3.52. The molecule has 0 aromatic heterocycles. The molecule has 1 rings (SSSR count). The number of rotatable bonds is 5. The van der Waals surface area contributed by atoms with Gasteiger partial charge in [0.1, 0.15) is 0 Å². The van der Waals surface area contributed by atoms with Crippen LogP contribution in [0.5, 0.6) is 0 Å². The average Bonchev–Trinajstić information content (AvgIpc) is 2.35. The van der Waals surface area contributed by atoms with Gasteiger partial charge in [-0.1, -0.05) is 54.0 Å². The lowest BCUT2D eigenvalue weighted by Crippen LogP contribution is -2.20. The molecule has 2 nitrogen and oxygen atoms in total. The summed E-state index contributed by atoms with van der Waals surface area (Å²) in [6.45, 7) is 6.09. The molecule has 4 heteroatoms. The highest BCUT2D eigenvalue weighted by atomic mass is 79.9. The molecule has 18 heavy (non-hydrogen) atoms. The number of alkyl halides is 1. The second-order valence-corrected chi connectivity index (χ2v) is 8.30. The third kappa shape index (κ3) is 3.82. The monoisotopic (exact) mass is 332 g/mol. The smallest absolute Gasteiger partial charge is 0.151 e. The normalized spacial score (nSPS) is 17.2. The van der Waals surface area contributed by atoms with Crippen molar-refractivity contribution in [2.75, 3.05) is 6.26 Å². The van der Waals surface area contributed by atoms with Crippen molar-refractivity contribution in [2.45, 2.75) is 43.2 Å². The van der Waals surface area contributed by atoms with Crippen molar-refractivity contribution in [3.63, 3.8) is 0 Å². The van der Waals surface area contributed by atoms with E-state index in [1.807, 2.05) is 12.1 Å². The maximum absolute atomic E-state index is 11.5. The summed E-state index contributed by atoms with van der Waals surface area (Å²) in [7, 11) is -3.03.